The van der Waals surface area contributed by atoms with Gasteiger partial charge in [-0.3, -0.25) is 24.1 Å². The first kappa shape index (κ1) is 43.7. The monoisotopic (exact) mass is 825 g/mol. The summed E-state index contributed by atoms with van der Waals surface area (Å²) in [7, 11) is 0. The van der Waals surface area contributed by atoms with Gasteiger partial charge in [-0.05, 0) is 69.2 Å². The molecule has 3 aliphatic rings. The number of aryl methyl sites for hydroxylation is 3. The van der Waals surface area contributed by atoms with Crippen molar-refractivity contribution in [3.05, 3.63) is 101 Å². The van der Waals surface area contributed by atoms with Crippen LogP contribution in [0.3, 0.4) is 0 Å². The molecule has 0 aliphatic carbocycles. The van der Waals surface area contributed by atoms with Gasteiger partial charge in [0, 0.05) is 43.6 Å². The molecule has 0 fully saturated rings. The third kappa shape index (κ3) is 9.62. The molecule has 12 nitrogen and oxygen atoms in total. The standard InChI is InChI=1S/C45H49N5O7.Fe/c1-7-31-26(3)35-22-36-28(5)33(12-11-30(51)10-9-18-56-20-21-57-19-17-50-43(52)14-15-44(50)53)41(48-36)25-42-34(13-16-45(54)55)29(6)38(49-42)24-40-32(8-2)27(4)37(47-40)23-39(31)46-35;/h7-8,14-15,22-25H,1-2,9-13,16-21H2,3-6H3,(H3,46,47,48,49,52,53,54,55);/q;+2/p-2. The number of carboxylic acids is 1. The summed E-state index contributed by atoms with van der Waals surface area (Å²) in [6, 6.07) is 7.76. The van der Waals surface area contributed by atoms with E-state index in [9.17, 15) is 24.3 Å². The molecule has 0 unspecified atom stereocenters. The number of fused-ring (bicyclic) bond motifs is 8. The number of rotatable bonds is 18. The minimum absolute atomic E-state index is 0. The number of carbonyl (C=O) groups is 4. The minimum Gasteiger partial charge on any atom is -0.657 e. The van der Waals surface area contributed by atoms with Crippen LogP contribution in [-0.2, 0) is 52.1 Å². The zero-order valence-electron chi connectivity index (χ0n) is 33.3. The molecule has 0 saturated carbocycles. The Morgan fingerprint density at radius 1 is 0.724 bits per heavy atom. The molecule has 0 spiro atoms. The first-order valence-electron chi connectivity index (χ1n) is 19.1. The summed E-state index contributed by atoms with van der Waals surface area (Å²) in [4.78, 5) is 69.4. The molecule has 13 heteroatoms. The number of nitrogens with zero attached hydrogens (tertiary/aromatic N) is 5. The van der Waals surface area contributed by atoms with Crippen LogP contribution >= 0.6 is 0 Å². The van der Waals surface area contributed by atoms with Gasteiger partial charge in [0.05, 0.1) is 49.1 Å². The summed E-state index contributed by atoms with van der Waals surface area (Å²) in [5.41, 5.74) is 12.9. The number of hydrogen-bond donors (Lipinski definition) is 1. The van der Waals surface area contributed by atoms with Crippen molar-refractivity contribution in [2.75, 3.05) is 33.0 Å². The van der Waals surface area contributed by atoms with Gasteiger partial charge in [-0.15, -0.1) is 22.1 Å². The van der Waals surface area contributed by atoms with Crippen molar-refractivity contribution in [1.82, 2.24) is 24.8 Å². The van der Waals surface area contributed by atoms with E-state index in [0.717, 1.165) is 71.9 Å². The number of amides is 2. The molecule has 3 aliphatic heterocycles. The van der Waals surface area contributed by atoms with Crippen molar-refractivity contribution < 1.29 is 50.8 Å². The van der Waals surface area contributed by atoms with Crippen molar-refractivity contribution >= 4 is 74.0 Å². The van der Waals surface area contributed by atoms with E-state index in [1.165, 1.54) is 12.2 Å². The molecular weight excluding hydrogens is 778 g/mol. The predicted octanol–water partition coefficient (Wildman–Crippen LogP) is 6.98. The van der Waals surface area contributed by atoms with Crippen LogP contribution in [0.25, 0.3) is 50.4 Å². The normalized spacial score (nSPS) is 13.8. The molecule has 302 valence electrons. The number of hydrogen-bond acceptors (Lipinski definition) is 8. The third-order valence-electron chi connectivity index (χ3n) is 10.6. The average Bonchev–Trinajstić information content (AvgIpc) is 3.92. The molecule has 0 radical (unpaired) electrons. The zero-order chi connectivity index (χ0) is 40.8. The first-order valence-corrected chi connectivity index (χ1v) is 19.1. The van der Waals surface area contributed by atoms with Crippen molar-refractivity contribution in [1.29, 1.82) is 0 Å². The van der Waals surface area contributed by atoms with Crippen LogP contribution in [0.4, 0.5) is 0 Å². The van der Waals surface area contributed by atoms with Gasteiger partial charge in [0.2, 0.25) is 0 Å². The van der Waals surface area contributed by atoms with Gasteiger partial charge in [0.1, 0.15) is 5.78 Å². The van der Waals surface area contributed by atoms with E-state index in [4.69, 9.17) is 29.4 Å². The number of carbonyl (C=O) groups excluding carboxylic acids is 3. The number of ketones is 1. The van der Waals surface area contributed by atoms with Gasteiger partial charge in [0.25, 0.3) is 11.8 Å². The zero-order valence-corrected chi connectivity index (χ0v) is 34.4. The Balaban J connectivity index is 0.00000641. The largest absolute Gasteiger partial charge is 2.00 e. The van der Waals surface area contributed by atoms with Crippen molar-refractivity contribution in [2.45, 2.75) is 66.2 Å². The molecular formula is C45H47FeN5O7. The Morgan fingerprint density at radius 2 is 1.33 bits per heavy atom. The molecule has 0 saturated heterocycles. The smallest absolute Gasteiger partial charge is 0.657 e. The summed E-state index contributed by atoms with van der Waals surface area (Å²) >= 11 is 0. The molecule has 3 aromatic heterocycles. The van der Waals surface area contributed by atoms with E-state index in [0.29, 0.717) is 67.9 Å². The number of imide groups is 1. The second-order valence-corrected chi connectivity index (χ2v) is 14.2. The molecule has 6 rings (SSSR count). The second-order valence-electron chi connectivity index (χ2n) is 14.2. The van der Waals surface area contributed by atoms with Crippen LogP contribution < -0.4 is 9.97 Å². The van der Waals surface area contributed by atoms with E-state index >= 15 is 0 Å². The molecule has 3 aromatic rings. The van der Waals surface area contributed by atoms with Gasteiger partial charge < -0.3 is 24.5 Å². The molecule has 0 aromatic carbocycles. The Hall–Kier alpha value is -5.46. The quantitative estimate of drug-likeness (QED) is 0.0800. The van der Waals surface area contributed by atoms with Gasteiger partial charge in [0.15, 0.2) is 0 Å². The molecule has 58 heavy (non-hydrogen) atoms. The maximum absolute atomic E-state index is 13.2. The molecule has 8 bridgehead atoms. The van der Waals surface area contributed by atoms with Gasteiger partial charge >= 0.3 is 23.0 Å². The van der Waals surface area contributed by atoms with E-state index in [2.05, 4.69) is 13.2 Å². The fourth-order valence-corrected chi connectivity index (χ4v) is 7.27. The van der Waals surface area contributed by atoms with Crippen LogP contribution in [0.1, 0.15) is 91.0 Å². The van der Waals surface area contributed by atoms with Crippen molar-refractivity contribution in [3.63, 3.8) is 0 Å². The maximum atomic E-state index is 13.2. The van der Waals surface area contributed by atoms with E-state index in [1.54, 1.807) is 12.2 Å². The van der Waals surface area contributed by atoms with Gasteiger partial charge in [-0.2, -0.15) is 0 Å². The Morgan fingerprint density at radius 3 is 2.02 bits per heavy atom. The molecule has 2 amide bonds. The maximum Gasteiger partial charge on any atom is 2.00 e. The number of aliphatic carboxylic acids is 1. The van der Waals surface area contributed by atoms with E-state index in [-0.39, 0.29) is 60.7 Å². The van der Waals surface area contributed by atoms with Crippen LogP contribution in [0, 0.1) is 13.8 Å². The van der Waals surface area contributed by atoms with Crippen molar-refractivity contribution in [2.24, 2.45) is 0 Å². The molecule has 6 heterocycles. The molecule has 1 N–H and O–H groups in total. The summed E-state index contributed by atoms with van der Waals surface area (Å²) in [5.74, 6) is -1.48. The Labute approximate surface area is 348 Å². The Kier molecular flexibility index (Phi) is 14.5. The number of carboxylic acid groups (broad SMARTS) is 1. The molecule has 0 atom stereocenters. The fraction of sp³-hybridized carbons (Fsp3) is 0.333. The van der Waals surface area contributed by atoms with E-state index in [1.807, 2.05) is 52.0 Å². The average molecular weight is 826 g/mol. The van der Waals surface area contributed by atoms with E-state index < -0.39 is 5.97 Å². The number of aromatic nitrogens is 4. The summed E-state index contributed by atoms with van der Waals surface area (Å²) in [6.45, 7) is 17.5. The summed E-state index contributed by atoms with van der Waals surface area (Å²) in [6.07, 6.45) is 7.98. The number of allylic oxidation sites excluding steroid dienone is 5. The third-order valence-corrected chi connectivity index (χ3v) is 10.6. The van der Waals surface area contributed by atoms with Crippen LogP contribution in [0.2, 0.25) is 0 Å². The summed E-state index contributed by atoms with van der Waals surface area (Å²) in [5, 5.41) is 9.61. The van der Waals surface area contributed by atoms with Gasteiger partial charge in [-0.25, -0.2) is 9.97 Å². The van der Waals surface area contributed by atoms with Crippen LogP contribution in [-0.4, -0.2) is 76.5 Å². The first-order chi connectivity index (χ1) is 27.4. The second kappa shape index (κ2) is 19.3. The predicted molar refractivity (Wildman–Crippen MR) is 221 cm³/mol. The minimum atomic E-state index is -0.899. The van der Waals surface area contributed by atoms with Crippen LogP contribution in [0.15, 0.2) is 55.7 Å². The van der Waals surface area contributed by atoms with Crippen LogP contribution in [0.5, 0.6) is 0 Å². The topological polar surface area (TPSA) is 164 Å². The number of Topliss-reactive ketones (excluding diaryl/α,β-unsaturated/α-hetero) is 1. The van der Waals surface area contributed by atoms with Gasteiger partial charge in [-0.1, -0.05) is 66.3 Å². The SMILES string of the molecule is C=CC1=C(C)c2cc3[n-]c(cc4nc(cc5[n-]c(cc1n2)c(C)c5C=C)C(C)=C4CCC(=O)O)c(CCC(=O)CCCOCCOCCN1C(=O)C=CC1=O)c3C.[Fe+2]. The Bertz CT molecular complexity index is 2420. The number of ether oxygens (including phenoxy) is 2. The fourth-order valence-electron chi connectivity index (χ4n) is 7.27. The summed E-state index contributed by atoms with van der Waals surface area (Å²) < 4.78 is 11.1. The van der Waals surface area contributed by atoms with Crippen molar-refractivity contribution in [3.8, 4) is 0 Å².